The molecule has 5 heteroatoms. The summed E-state index contributed by atoms with van der Waals surface area (Å²) in [5.41, 5.74) is 8.64. The molecule has 18 heavy (non-hydrogen) atoms. The number of nitrogen functional groups attached to an aromatic ring is 1. The van der Waals surface area contributed by atoms with Crippen LogP contribution in [-0.4, -0.2) is 17.1 Å². The standard InChI is InChI=1S/C13H16BrN3O/c1-7(2)9-6-8(4-5-10(9)18-3)11-12(14)17-13(15)16-11/h4-7H,1-3H3,(H3,15,16,17). The number of aromatic nitrogens is 2. The fraction of sp³-hybridized carbons (Fsp3) is 0.308. The summed E-state index contributed by atoms with van der Waals surface area (Å²) in [6.45, 7) is 4.27. The summed E-state index contributed by atoms with van der Waals surface area (Å²) in [5.74, 6) is 1.68. The van der Waals surface area contributed by atoms with Gasteiger partial charge in [0.2, 0.25) is 0 Å². The number of rotatable bonds is 3. The Morgan fingerprint density at radius 2 is 2.11 bits per heavy atom. The lowest BCUT2D eigenvalue weighted by Gasteiger charge is -2.13. The molecule has 2 rings (SSSR count). The third-order valence-electron chi connectivity index (χ3n) is 2.80. The first-order valence-electron chi connectivity index (χ1n) is 5.72. The van der Waals surface area contributed by atoms with Crippen LogP contribution in [0.15, 0.2) is 22.8 Å². The van der Waals surface area contributed by atoms with Crippen LogP contribution in [0.25, 0.3) is 11.3 Å². The Morgan fingerprint density at radius 3 is 2.61 bits per heavy atom. The maximum atomic E-state index is 5.65. The van der Waals surface area contributed by atoms with Crippen molar-refractivity contribution in [3.63, 3.8) is 0 Å². The van der Waals surface area contributed by atoms with Crippen molar-refractivity contribution in [2.24, 2.45) is 0 Å². The fourth-order valence-electron chi connectivity index (χ4n) is 1.89. The van der Waals surface area contributed by atoms with Crippen LogP contribution >= 0.6 is 15.9 Å². The number of halogens is 1. The number of imidazole rings is 1. The van der Waals surface area contributed by atoms with E-state index in [1.807, 2.05) is 12.1 Å². The van der Waals surface area contributed by atoms with Gasteiger partial charge in [-0.15, -0.1) is 0 Å². The van der Waals surface area contributed by atoms with E-state index in [1.165, 1.54) is 0 Å². The molecule has 0 atom stereocenters. The summed E-state index contributed by atoms with van der Waals surface area (Å²) < 4.78 is 6.16. The number of methoxy groups -OCH3 is 1. The zero-order valence-corrected chi connectivity index (χ0v) is 12.2. The molecule has 0 saturated heterocycles. The summed E-state index contributed by atoms with van der Waals surface area (Å²) >= 11 is 3.42. The molecule has 3 N–H and O–H groups in total. The molecule has 0 amide bonds. The van der Waals surface area contributed by atoms with Crippen LogP contribution in [0.3, 0.4) is 0 Å². The third-order valence-corrected chi connectivity index (χ3v) is 3.38. The number of H-pyrrole nitrogens is 1. The van der Waals surface area contributed by atoms with Gasteiger partial charge < -0.3 is 15.5 Å². The Labute approximate surface area is 115 Å². The Bertz CT molecular complexity index is 563. The number of aromatic amines is 1. The van der Waals surface area contributed by atoms with Crippen molar-refractivity contribution in [1.29, 1.82) is 0 Å². The molecular weight excluding hydrogens is 294 g/mol. The molecule has 0 unspecified atom stereocenters. The Balaban J connectivity index is 2.53. The number of nitrogens with zero attached hydrogens (tertiary/aromatic N) is 1. The van der Waals surface area contributed by atoms with Crippen LogP contribution in [0, 0.1) is 0 Å². The van der Waals surface area contributed by atoms with Gasteiger partial charge in [-0.1, -0.05) is 13.8 Å². The molecule has 0 aliphatic rings. The highest BCUT2D eigenvalue weighted by atomic mass is 79.9. The van der Waals surface area contributed by atoms with E-state index in [0.717, 1.165) is 27.2 Å². The van der Waals surface area contributed by atoms with Crippen LogP contribution in [0.5, 0.6) is 5.75 Å². The number of nitrogens with two attached hydrogens (primary N) is 1. The van der Waals surface area contributed by atoms with Crippen molar-refractivity contribution < 1.29 is 4.74 Å². The highest BCUT2D eigenvalue weighted by Gasteiger charge is 2.13. The number of hydrogen-bond donors (Lipinski definition) is 2. The molecular formula is C13H16BrN3O. The highest BCUT2D eigenvalue weighted by molar-refractivity contribution is 9.10. The highest BCUT2D eigenvalue weighted by Crippen LogP contribution is 2.33. The zero-order valence-electron chi connectivity index (χ0n) is 10.6. The van der Waals surface area contributed by atoms with E-state index in [0.29, 0.717) is 11.9 Å². The molecule has 2 aromatic rings. The number of anilines is 1. The van der Waals surface area contributed by atoms with Crippen molar-refractivity contribution in [3.05, 3.63) is 28.4 Å². The number of nitrogens with one attached hydrogen (secondary N) is 1. The van der Waals surface area contributed by atoms with Crippen molar-refractivity contribution in [2.45, 2.75) is 19.8 Å². The minimum Gasteiger partial charge on any atom is -0.496 e. The molecule has 4 nitrogen and oxygen atoms in total. The third kappa shape index (κ3) is 2.36. The van der Waals surface area contributed by atoms with E-state index in [1.54, 1.807) is 7.11 Å². The predicted octanol–water partition coefficient (Wildman–Crippen LogP) is 3.55. The topological polar surface area (TPSA) is 63.9 Å². The van der Waals surface area contributed by atoms with E-state index in [9.17, 15) is 0 Å². The molecule has 0 aliphatic carbocycles. The molecule has 0 spiro atoms. The number of ether oxygens (including phenoxy) is 1. The minimum absolute atomic E-state index is 0.384. The molecule has 0 saturated carbocycles. The minimum atomic E-state index is 0.384. The van der Waals surface area contributed by atoms with Gasteiger partial charge in [0.05, 0.1) is 7.11 Å². The zero-order chi connectivity index (χ0) is 13.3. The van der Waals surface area contributed by atoms with Crippen molar-refractivity contribution in [1.82, 2.24) is 9.97 Å². The normalized spacial score (nSPS) is 10.9. The average Bonchev–Trinajstić information content (AvgIpc) is 2.67. The van der Waals surface area contributed by atoms with Gasteiger partial charge in [0.1, 0.15) is 16.0 Å². The first-order chi connectivity index (χ1) is 8.52. The van der Waals surface area contributed by atoms with Crippen LogP contribution in [-0.2, 0) is 0 Å². The SMILES string of the molecule is COc1ccc(-c2nc(N)[nH]c2Br)cc1C(C)C. The molecule has 1 heterocycles. The smallest absolute Gasteiger partial charge is 0.198 e. The van der Waals surface area contributed by atoms with E-state index < -0.39 is 0 Å². The van der Waals surface area contributed by atoms with Crippen molar-refractivity contribution in [2.75, 3.05) is 12.8 Å². The Hall–Kier alpha value is -1.49. The average molecular weight is 310 g/mol. The maximum absolute atomic E-state index is 5.65. The van der Waals surface area contributed by atoms with Crippen LogP contribution in [0.4, 0.5) is 5.95 Å². The van der Waals surface area contributed by atoms with E-state index in [2.05, 4.69) is 45.8 Å². The van der Waals surface area contributed by atoms with E-state index in [-0.39, 0.29) is 0 Å². The fourth-order valence-corrected chi connectivity index (χ4v) is 2.41. The second-order valence-electron chi connectivity index (χ2n) is 4.40. The number of benzene rings is 1. The summed E-state index contributed by atoms with van der Waals surface area (Å²) in [6, 6.07) is 6.02. The molecule has 0 aliphatic heterocycles. The van der Waals surface area contributed by atoms with Gasteiger partial charge in [-0.2, -0.15) is 0 Å². The van der Waals surface area contributed by atoms with Gasteiger partial charge in [0.15, 0.2) is 5.95 Å². The van der Waals surface area contributed by atoms with Crippen LogP contribution in [0.2, 0.25) is 0 Å². The van der Waals surface area contributed by atoms with Crippen LogP contribution in [0.1, 0.15) is 25.3 Å². The lowest BCUT2D eigenvalue weighted by Crippen LogP contribution is -1.95. The van der Waals surface area contributed by atoms with E-state index >= 15 is 0 Å². The summed E-state index contributed by atoms with van der Waals surface area (Å²) in [6.07, 6.45) is 0. The van der Waals surface area contributed by atoms with E-state index in [4.69, 9.17) is 10.5 Å². The van der Waals surface area contributed by atoms with Crippen molar-refractivity contribution in [3.8, 4) is 17.0 Å². The Morgan fingerprint density at radius 1 is 1.39 bits per heavy atom. The quantitative estimate of drug-likeness (QED) is 0.911. The van der Waals surface area contributed by atoms with Gasteiger partial charge in [0, 0.05) is 5.56 Å². The van der Waals surface area contributed by atoms with Gasteiger partial charge in [-0.3, -0.25) is 0 Å². The Kier molecular flexibility index (Phi) is 3.61. The monoisotopic (exact) mass is 309 g/mol. The largest absolute Gasteiger partial charge is 0.496 e. The molecule has 0 radical (unpaired) electrons. The van der Waals surface area contributed by atoms with Crippen molar-refractivity contribution >= 4 is 21.9 Å². The lowest BCUT2D eigenvalue weighted by atomic mass is 9.98. The summed E-state index contributed by atoms with van der Waals surface area (Å²) in [7, 11) is 1.68. The predicted molar refractivity (Wildman–Crippen MR) is 76.8 cm³/mol. The lowest BCUT2D eigenvalue weighted by molar-refractivity contribution is 0.407. The summed E-state index contributed by atoms with van der Waals surface area (Å²) in [5, 5.41) is 0. The van der Waals surface area contributed by atoms with Gasteiger partial charge in [-0.25, -0.2) is 4.98 Å². The molecule has 96 valence electrons. The first-order valence-corrected chi connectivity index (χ1v) is 6.51. The van der Waals surface area contributed by atoms with Crippen LogP contribution < -0.4 is 10.5 Å². The second kappa shape index (κ2) is 5.02. The number of hydrogen-bond acceptors (Lipinski definition) is 3. The second-order valence-corrected chi connectivity index (χ2v) is 5.19. The first kappa shape index (κ1) is 13.0. The molecule has 0 bridgehead atoms. The van der Waals surface area contributed by atoms with Gasteiger partial charge in [-0.05, 0) is 45.6 Å². The van der Waals surface area contributed by atoms with Gasteiger partial charge >= 0.3 is 0 Å². The molecule has 1 aromatic carbocycles. The maximum Gasteiger partial charge on any atom is 0.198 e. The summed E-state index contributed by atoms with van der Waals surface area (Å²) in [4.78, 5) is 7.21. The molecule has 1 aromatic heterocycles. The molecule has 0 fully saturated rings. The van der Waals surface area contributed by atoms with Gasteiger partial charge in [0.25, 0.3) is 0 Å².